The van der Waals surface area contributed by atoms with Crippen LogP contribution in [-0.4, -0.2) is 40.0 Å². The fraction of sp³-hybridized carbons (Fsp3) is 0.458. The lowest BCUT2D eigenvalue weighted by molar-refractivity contribution is -0.117. The number of nitrogens with zero attached hydrogens (tertiary/aromatic N) is 3. The number of rotatable bonds is 5. The maximum atomic E-state index is 12.6. The lowest BCUT2D eigenvalue weighted by atomic mass is 9.89. The highest BCUT2D eigenvalue weighted by Crippen LogP contribution is 2.43. The molecule has 0 unspecified atom stereocenters. The van der Waals surface area contributed by atoms with Gasteiger partial charge in [0.25, 0.3) is 0 Å². The van der Waals surface area contributed by atoms with Crippen molar-refractivity contribution in [3.8, 4) is 0 Å². The maximum absolute atomic E-state index is 12.6. The Morgan fingerprint density at radius 2 is 2.10 bits per heavy atom. The first-order valence-electron chi connectivity index (χ1n) is 11.0. The second-order valence-electron chi connectivity index (χ2n) is 9.14. The number of hydrogen-bond acceptors (Lipinski definition) is 5. The van der Waals surface area contributed by atoms with Gasteiger partial charge in [0.15, 0.2) is 5.58 Å². The summed E-state index contributed by atoms with van der Waals surface area (Å²) in [5.41, 5.74) is 4.21. The molecule has 2 aromatic heterocycles. The number of carbonyl (C=O) groups is 1. The molecule has 7 nitrogen and oxygen atoms in total. The van der Waals surface area contributed by atoms with Gasteiger partial charge < -0.3 is 9.73 Å². The fourth-order valence-corrected chi connectivity index (χ4v) is 5.36. The van der Waals surface area contributed by atoms with Crippen molar-refractivity contribution in [2.24, 2.45) is 24.8 Å². The molecule has 1 aromatic carbocycles. The molecule has 3 aromatic rings. The molecule has 162 valence electrons. The largest absolute Gasteiger partial charge is 0.419 e. The second kappa shape index (κ2) is 7.96. The van der Waals surface area contributed by atoms with Gasteiger partial charge in [-0.25, -0.2) is 4.79 Å². The molecule has 31 heavy (non-hydrogen) atoms. The number of carbonyl (C=O) groups excluding carboxylic acids is 1. The SMILES string of the molecule is Cc1ccc(C[C@H]2CC[C@@H]3CN(CC(=O)Nc4ccc5c(c4)oc(=O)n5C)C[C@H]23)nc1. The van der Waals surface area contributed by atoms with Crippen molar-refractivity contribution in [1.29, 1.82) is 0 Å². The molecule has 0 radical (unpaired) electrons. The normalized spacial score (nSPS) is 23.4. The predicted octanol–water partition coefficient (Wildman–Crippen LogP) is 2.97. The minimum absolute atomic E-state index is 0.0330. The third kappa shape index (κ3) is 4.02. The number of nitrogens with one attached hydrogen (secondary N) is 1. The number of hydrogen-bond donors (Lipinski definition) is 1. The van der Waals surface area contributed by atoms with Gasteiger partial charge in [0.05, 0.1) is 12.1 Å². The third-order valence-electron chi connectivity index (χ3n) is 6.97. The summed E-state index contributed by atoms with van der Waals surface area (Å²) in [5, 5.41) is 2.95. The van der Waals surface area contributed by atoms with Gasteiger partial charge in [0.1, 0.15) is 0 Å². The first kappa shape index (κ1) is 20.0. The second-order valence-corrected chi connectivity index (χ2v) is 9.14. The van der Waals surface area contributed by atoms with Gasteiger partial charge >= 0.3 is 5.76 Å². The number of pyridine rings is 1. The molecule has 2 fully saturated rings. The molecule has 3 atom stereocenters. The molecule has 5 rings (SSSR count). The summed E-state index contributed by atoms with van der Waals surface area (Å²) < 4.78 is 6.66. The van der Waals surface area contributed by atoms with Crippen molar-refractivity contribution in [2.75, 3.05) is 25.0 Å². The third-order valence-corrected chi connectivity index (χ3v) is 6.97. The summed E-state index contributed by atoms with van der Waals surface area (Å²) >= 11 is 0. The van der Waals surface area contributed by atoms with Crippen molar-refractivity contribution in [1.82, 2.24) is 14.5 Å². The van der Waals surface area contributed by atoms with Crippen LogP contribution in [0.2, 0.25) is 0 Å². The van der Waals surface area contributed by atoms with Crippen LogP contribution in [0.1, 0.15) is 24.1 Å². The van der Waals surface area contributed by atoms with Gasteiger partial charge in [-0.3, -0.25) is 19.2 Å². The summed E-state index contributed by atoms with van der Waals surface area (Å²) in [5.74, 6) is 1.53. The van der Waals surface area contributed by atoms with Crippen molar-refractivity contribution >= 4 is 22.7 Å². The fourth-order valence-electron chi connectivity index (χ4n) is 5.36. The van der Waals surface area contributed by atoms with E-state index in [-0.39, 0.29) is 5.91 Å². The standard InChI is InChI=1S/C24H28N4O3/c1-15-3-6-18(25-11-15)9-16-4-5-17-12-28(13-20(16)17)14-23(29)26-19-7-8-21-22(10-19)31-24(30)27(21)2/h3,6-8,10-11,16-17,20H,4-5,9,12-14H2,1-2H3,(H,26,29)/t16-,17-,20-/m1/s1. The van der Waals surface area contributed by atoms with Gasteiger partial charge in [-0.05, 0) is 67.7 Å². The van der Waals surface area contributed by atoms with Crippen LogP contribution in [0.25, 0.3) is 11.1 Å². The summed E-state index contributed by atoms with van der Waals surface area (Å²) in [6, 6.07) is 9.59. The maximum Gasteiger partial charge on any atom is 0.419 e. The minimum Gasteiger partial charge on any atom is -0.408 e. The minimum atomic E-state index is -0.405. The Bertz CT molecular complexity index is 1160. The van der Waals surface area contributed by atoms with Crippen LogP contribution in [-0.2, 0) is 18.3 Å². The quantitative estimate of drug-likeness (QED) is 0.686. The van der Waals surface area contributed by atoms with Crippen LogP contribution in [0.15, 0.2) is 45.7 Å². The summed E-state index contributed by atoms with van der Waals surface area (Å²) in [6.07, 6.45) is 5.48. The molecule has 3 heterocycles. The Labute approximate surface area is 181 Å². The number of oxazole rings is 1. The summed E-state index contributed by atoms with van der Waals surface area (Å²) in [4.78, 5) is 31.2. The number of fused-ring (bicyclic) bond motifs is 2. The van der Waals surface area contributed by atoms with Crippen LogP contribution in [0.5, 0.6) is 0 Å². The number of aromatic nitrogens is 2. The van der Waals surface area contributed by atoms with Crippen molar-refractivity contribution in [3.63, 3.8) is 0 Å². The van der Waals surface area contributed by atoms with Crippen LogP contribution >= 0.6 is 0 Å². The predicted molar refractivity (Wildman–Crippen MR) is 119 cm³/mol. The molecule has 1 aliphatic carbocycles. The van der Waals surface area contributed by atoms with E-state index in [1.54, 1.807) is 25.2 Å². The molecule has 0 spiro atoms. The topological polar surface area (TPSA) is 80.4 Å². The van der Waals surface area contributed by atoms with Crippen LogP contribution in [0, 0.1) is 24.7 Å². The molecule has 0 bridgehead atoms. The van der Waals surface area contributed by atoms with Crippen LogP contribution in [0.3, 0.4) is 0 Å². The average Bonchev–Trinajstić information content (AvgIpc) is 3.38. The number of aryl methyl sites for hydroxylation is 2. The van der Waals surface area contributed by atoms with E-state index in [4.69, 9.17) is 4.42 Å². The van der Waals surface area contributed by atoms with E-state index in [2.05, 4.69) is 34.3 Å². The van der Waals surface area contributed by atoms with E-state index in [1.165, 1.54) is 28.7 Å². The molecule has 1 amide bonds. The first-order valence-corrected chi connectivity index (χ1v) is 11.0. The van der Waals surface area contributed by atoms with Gasteiger partial charge in [-0.1, -0.05) is 6.07 Å². The zero-order chi connectivity index (χ0) is 21.5. The lowest BCUT2D eigenvalue weighted by Crippen LogP contribution is -2.32. The molecule has 7 heteroatoms. The van der Waals surface area contributed by atoms with E-state index in [9.17, 15) is 9.59 Å². The summed E-state index contributed by atoms with van der Waals surface area (Å²) in [7, 11) is 1.67. The molecular weight excluding hydrogens is 392 g/mol. The van der Waals surface area contributed by atoms with Gasteiger partial charge in [0.2, 0.25) is 5.91 Å². The van der Waals surface area contributed by atoms with E-state index in [0.29, 0.717) is 41.1 Å². The van der Waals surface area contributed by atoms with Crippen LogP contribution in [0.4, 0.5) is 5.69 Å². The number of likely N-dealkylation sites (tertiary alicyclic amines) is 1. The highest BCUT2D eigenvalue weighted by molar-refractivity contribution is 5.94. The average molecular weight is 421 g/mol. The Morgan fingerprint density at radius 3 is 2.90 bits per heavy atom. The molecular formula is C24H28N4O3. The number of amides is 1. The van der Waals surface area contributed by atoms with Crippen LogP contribution < -0.4 is 11.1 Å². The van der Waals surface area contributed by atoms with Crippen molar-refractivity contribution in [3.05, 3.63) is 58.3 Å². The van der Waals surface area contributed by atoms with E-state index in [0.717, 1.165) is 19.5 Å². The van der Waals surface area contributed by atoms with Gasteiger partial charge in [-0.2, -0.15) is 0 Å². The highest BCUT2D eigenvalue weighted by Gasteiger charge is 2.42. The van der Waals surface area contributed by atoms with Crippen molar-refractivity contribution < 1.29 is 9.21 Å². The van der Waals surface area contributed by atoms with Gasteiger partial charge in [0, 0.05) is 43.8 Å². The highest BCUT2D eigenvalue weighted by atomic mass is 16.4. The molecule has 1 saturated heterocycles. The first-order chi connectivity index (χ1) is 15.0. The van der Waals surface area contributed by atoms with E-state index in [1.807, 2.05) is 6.20 Å². The Morgan fingerprint density at radius 1 is 1.23 bits per heavy atom. The van der Waals surface area contributed by atoms with Crippen molar-refractivity contribution in [2.45, 2.75) is 26.2 Å². The molecule has 1 saturated carbocycles. The molecule has 1 N–H and O–H groups in total. The van der Waals surface area contributed by atoms with Gasteiger partial charge in [-0.15, -0.1) is 0 Å². The number of benzene rings is 1. The van der Waals surface area contributed by atoms with E-state index >= 15 is 0 Å². The summed E-state index contributed by atoms with van der Waals surface area (Å²) in [6.45, 7) is 4.42. The monoisotopic (exact) mass is 420 g/mol. The molecule has 1 aliphatic heterocycles. The zero-order valence-electron chi connectivity index (χ0n) is 18.0. The lowest BCUT2D eigenvalue weighted by Gasteiger charge is -2.20. The Kier molecular flexibility index (Phi) is 5.14. The number of anilines is 1. The molecule has 2 aliphatic rings. The Balaban J connectivity index is 1.18. The Hall–Kier alpha value is -2.93. The smallest absolute Gasteiger partial charge is 0.408 e. The zero-order valence-corrected chi connectivity index (χ0v) is 18.0. The van der Waals surface area contributed by atoms with E-state index < -0.39 is 5.76 Å².